The highest BCUT2D eigenvalue weighted by Gasteiger charge is 2.16. The van der Waals surface area contributed by atoms with Crippen molar-refractivity contribution in [3.8, 4) is 5.75 Å². The summed E-state index contributed by atoms with van der Waals surface area (Å²) in [7, 11) is 0. The van der Waals surface area contributed by atoms with Gasteiger partial charge in [0.25, 0.3) is 0 Å². The molecule has 1 aromatic rings. The van der Waals surface area contributed by atoms with Crippen LogP contribution in [0.3, 0.4) is 0 Å². The summed E-state index contributed by atoms with van der Waals surface area (Å²) in [6.45, 7) is 1.92. The Bertz CT molecular complexity index is 342. The van der Waals surface area contributed by atoms with E-state index < -0.39 is 11.8 Å². The predicted molar refractivity (Wildman–Crippen MR) is 51.6 cm³/mol. The van der Waals surface area contributed by atoms with Crippen LogP contribution in [0.15, 0.2) is 11.4 Å². The molecular weight excluding hydrogens is 204 g/mol. The van der Waals surface area contributed by atoms with E-state index in [9.17, 15) is 14.7 Å². The van der Waals surface area contributed by atoms with Crippen molar-refractivity contribution in [3.05, 3.63) is 16.3 Å². The molecule has 1 aromatic heterocycles. The summed E-state index contributed by atoms with van der Waals surface area (Å²) in [4.78, 5) is 22.5. The molecule has 0 saturated heterocycles. The van der Waals surface area contributed by atoms with Crippen molar-refractivity contribution < 1.29 is 19.4 Å². The minimum Gasteiger partial charge on any atom is -0.506 e. The summed E-state index contributed by atoms with van der Waals surface area (Å²) >= 11 is 1.11. The van der Waals surface area contributed by atoms with Crippen molar-refractivity contribution in [2.45, 2.75) is 13.3 Å². The first-order valence-corrected chi connectivity index (χ1v) is 4.98. The third-order valence-electron chi connectivity index (χ3n) is 1.51. The van der Waals surface area contributed by atoms with Crippen molar-refractivity contribution >= 4 is 23.1 Å². The number of ether oxygens (including phenoxy) is 1. The second kappa shape index (κ2) is 4.76. The maximum Gasteiger partial charge on any atom is 0.313 e. The molecule has 4 nitrogen and oxygen atoms in total. The molecule has 0 aliphatic rings. The van der Waals surface area contributed by atoms with E-state index in [1.165, 1.54) is 6.07 Å². The molecule has 0 fully saturated rings. The van der Waals surface area contributed by atoms with Crippen molar-refractivity contribution in [3.63, 3.8) is 0 Å². The van der Waals surface area contributed by atoms with Gasteiger partial charge in [0.2, 0.25) is 0 Å². The zero-order valence-electron chi connectivity index (χ0n) is 7.65. The van der Waals surface area contributed by atoms with Crippen LogP contribution < -0.4 is 0 Å². The molecule has 0 atom stereocenters. The first-order valence-electron chi connectivity index (χ1n) is 4.10. The first kappa shape index (κ1) is 10.7. The zero-order valence-corrected chi connectivity index (χ0v) is 8.47. The van der Waals surface area contributed by atoms with Gasteiger partial charge in [-0.3, -0.25) is 9.59 Å². The summed E-state index contributed by atoms with van der Waals surface area (Å²) in [5.74, 6) is -1.05. The van der Waals surface area contributed by atoms with Gasteiger partial charge in [0, 0.05) is 0 Å². The largest absolute Gasteiger partial charge is 0.506 e. The monoisotopic (exact) mass is 214 g/mol. The number of rotatable bonds is 4. The van der Waals surface area contributed by atoms with Gasteiger partial charge in [-0.25, -0.2) is 0 Å². The summed E-state index contributed by atoms with van der Waals surface area (Å²) in [5, 5.41) is 10.8. The number of thiophene rings is 1. The van der Waals surface area contributed by atoms with Gasteiger partial charge in [-0.15, -0.1) is 11.3 Å². The average Bonchev–Trinajstić information content (AvgIpc) is 2.51. The predicted octanol–water partition coefficient (Wildman–Crippen LogP) is 1.59. The molecule has 0 spiro atoms. The quantitative estimate of drug-likeness (QED) is 0.469. The van der Waals surface area contributed by atoms with E-state index in [1.54, 1.807) is 12.3 Å². The number of carbonyl (C=O) groups is 2. The highest BCUT2D eigenvalue weighted by Crippen LogP contribution is 2.24. The molecule has 1 rings (SSSR count). The smallest absolute Gasteiger partial charge is 0.313 e. The molecule has 5 heteroatoms. The molecule has 0 unspecified atom stereocenters. The van der Waals surface area contributed by atoms with Crippen LogP contribution in [0.25, 0.3) is 0 Å². The molecule has 0 aliphatic carbocycles. The lowest BCUT2D eigenvalue weighted by molar-refractivity contribution is -0.141. The van der Waals surface area contributed by atoms with Crippen molar-refractivity contribution in [2.75, 3.05) is 6.61 Å². The van der Waals surface area contributed by atoms with E-state index in [4.69, 9.17) is 0 Å². The Kier molecular flexibility index (Phi) is 3.64. The molecule has 76 valence electrons. The molecule has 0 aromatic carbocycles. The van der Waals surface area contributed by atoms with Gasteiger partial charge < -0.3 is 9.84 Å². The number of Topliss-reactive ketones (excluding diaryl/α,β-unsaturated/α-hetero) is 1. The molecule has 0 aliphatic heterocycles. The third-order valence-corrected chi connectivity index (χ3v) is 2.45. The number of hydrogen-bond donors (Lipinski definition) is 1. The normalized spacial score (nSPS) is 9.79. The Balaban J connectivity index is 2.59. The average molecular weight is 214 g/mol. The van der Waals surface area contributed by atoms with Gasteiger partial charge in [0.05, 0.1) is 6.61 Å². The van der Waals surface area contributed by atoms with E-state index in [0.717, 1.165) is 11.3 Å². The fourth-order valence-electron chi connectivity index (χ4n) is 0.935. The van der Waals surface area contributed by atoms with Crippen molar-refractivity contribution in [2.24, 2.45) is 0 Å². The summed E-state index contributed by atoms with van der Waals surface area (Å²) in [6.07, 6.45) is -0.318. The van der Waals surface area contributed by atoms with Gasteiger partial charge >= 0.3 is 5.97 Å². The molecule has 1 N–H and O–H groups in total. The second-order valence-electron chi connectivity index (χ2n) is 2.54. The van der Waals surface area contributed by atoms with E-state index in [0.29, 0.717) is 0 Å². The molecule has 0 amide bonds. The Labute approximate surface area is 85.1 Å². The van der Waals surface area contributed by atoms with Crippen LogP contribution in [0.1, 0.15) is 23.0 Å². The molecule has 0 bridgehead atoms. The minimum atomic E-state index is -0.565. The molecule has 14 heavy (non-hydrogen) atoms. The maximum atomic E-state index is 11.4. The Hall–Kier alpha value is -1.36. The number of aromatic hydroxyl groups is 1. The van der Waals surface area contributed by atoms with Crippen molar-refractivity contribution in [1.82, 2.24) is 0 Å². The van der Waals surface area contributed by atoms with Crippen LogP contribution in [0.5, 0.6) is 5.75 Å². The van der Waals surface area contributed by atoms with Gasteiger partial charge in [0.15, 0.2) is 5.78 Å². The van der Waals surface area contributed by atoms with Crippen LogP contribution in [0, 0.1) is 0 Å². The van der Waals surface area contributed by atoms with E-state index in [2.05, 4.69) is 4.74 Å². The number of hydrogen-bond acceptors (Lipinski definition) is 5. The molecule has 0 saturated carbocycles. The summed E-state index contributed by atoms with van der Waals surface area (Å²) in [5.41, 5.74) is 0. The standard InChI is InChI=1S/C9H10O4S/c1-2-13-8(12)5-7(11)9-6(10)3-4-14-9/h3-4,10H,2,5H2,1H3. The SMILES string of the molecule is CCOC(=O)CC(=O)c1sccc1O. The van der Waals surface area contributed by atoms with Gasteiger partial charge in [-0.2, -0.15) is 0 Å². The van der Waals surface area contributed by atoms with Crippen LogP contribution in [-0.2, 0) is 9.53 Å². The van der Waals surface area contributed by atoms with Crippen LogP contribution in [0.4, 0.5) is 0 Å². The lowest BCUT2D eigenvalue weighted by atomic mass is 10.2. The van der Waals surface area contributed by atoms with Crippen LogP contribution in [-0.4, -0.2) is 23.5 Å². The lowest BCUT2D eigenvalue weighted by Gasteiger charge is -1.99. The third kappa shape index (κ3) is 2.56. The lowest BCUT2D eigenvalue weighted by Crippen LogP contribution is -2.10. The van der Waals surface area contributed by atoms with Crippen LogP contribution >= 0.6 is 11.3 Å². The van der Waals surface area contributed by atoms with Crippen molar-refractivity contribution in [1.29, 1.82) is 0 Å². The van der Waals surface area contributed by atoms with E-state index >= 15 is 0 Å². The number of ketones is 1. The second-order valence-corrected chi connectivity index (χ2v) is 3.46. The molecule has 0 radical (unpaired) electrons. The Morgan fingerprint density at radius 3 is 2.79 bits per heavy atom. The summed E-state index contributed by atoms with van der Waals surface area (Å²) in [6, 6.07) is 1.42. The van der Waals surface area contributed by atoms with Crippen LogP contribution in [0.2, 0.25) is 0 Å². The Morgan fingerprint density at radius 1 is 1.57 bits per heavy atom. The minimum absolute atomic E-state index is 0.0794. The fraction of sp³-hybridized carbons (Fsp3) is 0.333. The molecule has 1 heterocycles. The maximum absolute atomic E-state index is 11.4. The number of carbonyl (C=O) groups excluding carboxylic acids is 2. The molecular formula is C9H10O4S. The highest BCUT2D eigenvalue weighted by atomic mass is 32.1. The van der Waals surface area contributed by atoms with Gasteiger partial charge in [-0.05, 0) is 18.4 Å². The first-order chi connectivity index (χ1) is 6.65. The number of esters is 1. The zero-order chi connectivity index (χ0) is 10.6. The van der Waals surface area contributed by atoms with E-state index in [1.807, 2.05) is 0 Å². The topological polar surface area (TPSA) is 63.6 Å². The van der Waals surface area contributed by atoms with E-state index in [-0.39, 0.29) is 23.7 Å². The summed E-state index contributed by atoms with van der Waals surface area (Å²) < 4.78 is 4.61. The van der Waals surface area contributed by atoms with Gasteiger partial charge in [-0.1, -0.05) is 0 Å². The Morgan fingerprint density at radius 2 is 2.29 bits per heavy atom. The highest BCUT2D eigenvalue weighted by molar-refractivity contribution is 7.12. The van der Waals surface area contributed by atoms with Gasteiger partial charge in [0.1, 0.15) is 17.0 Å². The fourth-order valence-corrected chi connectivity index (χ4v) is 1.66.